The Morgan fingerprint density at radius 2 is 1.63 bits per heavy atom. The molecule has 3 aromatic rings. The van der Waals surface area contributed by atoms with Gasteiger partial charge in [-0.3, -0.25) is 4.79 Å². The number of benzene rings is 3. The number of halogens is 1. The highest BCUT2D eigenvalue weighted by atomic mass is 79.9. The number of anilines is 1. The van der Waals surface area contributed by atoms with E-state index in [0.29, 0.717) is 17.1 Å². The van der Waals surface area contributed by atoms with Gasteiger partial charge in [0.05, 0.1) is 17.1 Å². The van der Waals surface area contributed by atoms with Crippen LogP contribution in [0, 0.1) is 6.92 Å². The van der Waals surface area contributed by atoms with E-state index in [0.717, 1.165) is 15.7 Å². The second-order valence-corrected chi connectivity index (χ2v) is 6.70. The van der Waals surface area contributed by atoms with Crippen molar-refractivity contribution in [1.82, 2.24) is 0 Å². The Hall–Kier alpha value is -2.99. The summed E-state index contributed by atoms with van der Waals surface area (Å²) in [6.45, 7) is 1.91. The van der Waals surface area contributed by atoms with Crippen molar-refractivity contribution in [2.45, 2.75) is 6.92 Å². The van der Waals surface area contributed by atoms with Crippen LogP contribution in [-0.2, 0) is 4.79 Å². The van der Waals surface area contributed by atoms with Crippen molar-refractivity contribution in [3.63, 3.8) is 0 Å². The summed E-state index contributed by atoms with van der Waals surface area (Å²) in [5.74, 6) is 0.360. The first kappa shape index (κ1) is 18.8. The Morgan fingerprint density at radius 1 is 0.963 bits per heavy atom. The molecule has 0 bridgehead atoms. The molecule has 0 saturated heterocycles. The van der Waals surface area contributed by atoms with Crippen molar-refractivity contribution >= 4 is 38.9 Å². The van der Waals surface area contributed by atoms with Crippen LogP contribution < -0.4 is 10.1 Å². The molecule has 27 heavy (non-hydrogen) atoms. The number of hydrogen-bond acceptors (Lipinski definition) is 4. The smallest absolute Gasteiger partial charge is 0.262 e. The van der Waals surface area contributed by atoms with E-state index in [1.807, 2.05) is 55.5 Å². The van der Waals surface area contributed by atoms with Gasteiger partial charge in [0.25, 0.3) is 5.91 Å². The quantitative estimate of drug-likeness (QED) is 0.480. The molecule has 1 N–H and O–H groups in total. The summed E-state index contributed by atoms with van der Waals surface area (Å²) in [6, 6.07) is 22.3. The molecule has 5 nitrogen and oxygen atoms in total. The molecule has 0 fully saturated rings. The minimum absolute atomic E-state index is 0.0782. The number of carbonyl (C=O) groups is 1. The second kappa shape index (κ2) is 9.09. The lowest BCUT2D eigenvalue weighted by atomic mass is 10.2. The minimum Gasteiger partial charge on any atom is -0.484 e. The molecule has 0 aromatic heterocycles. The van der Waals surface area contributed by atoms with Crippen LogP contribution in [0.1, 0.15) is 5.56 Å². The molecule has 0 unspecified atom stereocenters. The molecule has 0 saturated carbocycles. The van der Waals surface area contributed by atoms with Gasteiger partial charge in [0.15, 0.2) is 6.61 Å². The van der Waals surface area contributed by atoms with Crippen LogP contribution in [0.2, 0.25) is 0 Å². The summed E-state index contributed by atoms with van der Waals surface area (Å²) < 4.78 is 6.36. The van der Waals surface area contributed by atoms with Gasteiger partial charge < -0.3 is 10.1 Å². The Kier molecular flexibility index (Phi) is 6.33. The molecule has 3 rings (SSSR count). The third-order valence-electron chi connectivity index (χ3n) is 3.64. The van der Waals surface area contributed by atoms with E-state index in [-0.39, 0.29) is 12.5 Å². The van der Waals surface area contributed by atoms with Crippen LogP contribution in [0.25, 0.3) is 0 Å². The number of hydrogen-bond donors (Lipinski definition) is 1. The highest BCUT2D eigenvalue weighted by molar-refractivity contribution is 9.10. The molecular weight excluding hydrogens is 406 g/mol. The molecule has 0 radical (unpaired) electrons. The monoisotopic (exact) mass is 423 g/mol. The van der Waals surface area contributed by atoms with Gasteiger partial charge >= 0.3 is 0 Å². The summed E-state index contributed by atoms with van der Waals surface area (Å²) >= 11 is 3.44. The predicted molar refractivity (Wildman–Crippen MR) is 110 cm³/mol. The molecule has 0 aliphatic heterocycles. The summed E-state index contributed by atoms with van der Waals surface area (Å²) in [4.78, 5) is 12.1. The third-order valence-corrected chi connectivity index (χ3v) is 4.30. The van der Waals surface area contributed by atoms with Gasteiger partial charge in [-0.25, -0.2) is 0 Å². The fourth-order valence-corrected chi connectivity index (χ4v) is 2.87. The first-order valence-corrected chi connectivity index (χ1v) is 9.15. The number of nitrogens with zero attached hydrogens (tertiary/aromatic N) is 2. The van der Waals surface area contributed by atoms with E-state index in [1.165, 1.54) is 0 Å². The van der Waals surface area contributed by atoms with Gasteiger partial charge in [-0.15, -0.1) is 0 Å². The molecule has 0 atom stereocenters. The molecule has 0 spiro atoms. The maximum Gasteiger partial charge on any atom is 0.262 e. The van der Waals surface area contributed by atoms with Crippen molar-refractivity contribution in [2.75, 3.05) is 11.9 Å². The average Bonchev–Trinajstić information content (AvgIpc) is 2.68. The van der Waals surface area contributed by atoms with Crippen molar-refractivity contribution in [1.29, 1.82) is 0 Å². The summed E-state index contributed by atoms with van der Waals surface area (Å²) in [5, 5.41) is 11.1. The lowest BCUT2D eigenvalue weighted by Crippen LogP contribution is -2.20. The third kappa shape index (κ3) is 5.76. The fraction of sp³-hybridized carbons (Fsp3) is 0.0952. The zero-order valence-corrected chi connectivity index (χ0v) is 16.3. The van der Waals surface area contributed by atoms with Gasteiger partial charge in [-0.2, -0.15) is 10.2 Å². The zero-order chi connectivity index (χ0) is 19.1. The summed E-state index contributed by atoms with van der Waals surface area (Å²) in [6.07, 6.45) is 0. The van der Waals surface area contributed by atoms with E-state index in [4.69, 9.17) is 4.74 Å². The Bertz CT molecular complexity index is 941. The van der Waals surface area contributed by atoms with Crippen molar-refractivity contribution in [2.24, 2.45) is 10.2 Å². The number of carbonyl (C=O) groups excluding carboxylic acids is 1. The van der Waals surface area contributed by atoms with Gasteiger partial charge in [0.1, 0.15) is 5.75 Å². The van der Waals surface area contributed by atoms with Crippen molar-refractivity contribution < 1.29 is 9.53 Å². The molecule has 3 aromatic carbocycles. The number of ether oxygens (including phenoxy) is 1. The molecule has 1 amide bonds. The first-order chi connectivity index (χ1) is 13.1. The van der Waals surface area contributed by atoms with Crippen LogP contribution >= 0.6 is 15.9 Å². The van der Waals surface area contributed by atoms with Crippen LogP contribution in [0.4, 0.5) is 17.1 Å². The standard InChI is InChI=1S/C21H18BrN3O2/c1-15-7-12-20(19(22)13-15)23-21(26)14-27-18-10-8-17(9-11-18)25-24-16-5-3-2-4-6-16/h2-13H,14H2,1H3,(H,23,26). The van der Waals surface area contributed by atoms with Gasteiger partial charge in [-0.05, 0) is 76.9 Å². The van der Waals surface area contributed by atoms with Crippen LogP contribution in [0.5, 0.6) is 5.75 Å². The Balaban J connectivity index is 1.52. The van der Waals surface area contributed by atoms with Crippen molar-refractivity contribution in [3.05, 3.63) is 82.8 Å². The van der Waals surface area contributed by atoms with Crippen LogP contribution in [0.15, 0.2) is 87.5 Å². The normalized spacial score (nSPS) is 10.7. The number of amides is 1. The highest BCUT2D eigenvalue weighted by Gasteiger charge is 2.07. The first-order valence-electron chi connectivity index (χ1n) is 8.36. The van der Waals surface area contributed by atoms with Gasteiger partial charge in [0.2, 0.25) is 0 Å². The highest BCUT2D eigenvalue weighted by Crippen LogP contribution is 2.24. The number of rotatable bonds is 6. The molecule has 0 heterocycles. The summed E-state index contributed by atoms with van der Waals surface area (Å²) in [7, 11) is 0. The molecule has 136 valence electrons. The lowest BCUT2D eigenvalue weighted by Gasteiger charge is -2.09. The van der Waals surface area contributed by atoms with E-state index in [9.17, 15) is 4.79 Å². The van der Waals surface area contributed by atoms with Gasteiger partial charge in [-0.1, -0.05) is 24.3 Å². The molecule has 0 aliphatic carbocycles. The SMILES string of the molecule is Cc1ccc(NC(=O)COc2ccc(N=Nc3ccccc3)cc2)c(Br)c1. The molecular formula is C21H18BrN3O2. The molecule has 6 heteroatoms. The van der Waals surface area contributed by atoms with E-state index in [2.05, 4.69) is 31.5 Å². The van der Waals surface area contributed by atoms with Gasteiger partial charge in [0, 0.05) is 4.47 Å². The fourth-order valence-electron chi connectivity index (χ4n) is 2.28. The predicted octanol–water partition coefficient (Wildman–Crippen LogP) is 6.19. The average molecular weight is 424 g/mol. The zero-order valence-electron chi connectivity index (χ0n) is 14.7. The van der Waals surface area contributed by atoms with E-state index < -0.39 is 0 Å². The van der Waals surface area contributed by atoms with Crippen molar-refractivity contribution in [3.8, 4) is 5.75 Å². The second-order valence-electron chi connectivity index (χ2n) is 5.85. The topological polar surface area (TPSA) is 63.0 Å². The number of azo groups is 1. The minimum atomic E-state index is -0.229. The van der Waals surface area contributed by atoms with E-state index >= 15 is 0 Å². The molecule has 0 aliphatic rings. The van der Waals surface area contributed by atoms with Crippen LogP contribution in [0.3, 0.4) is 0 Å². The van der Waals surface area contributed by atoms with Crippen LogP contribution in [-0.4, -0.2) is 12.5 Å². The largest absolute Gasteiger partial charge is 0.484 e. The lowest BCUT2D eigenvalue weighted by molar-refractivity contribution is -0.118. The van der Waals surface area contributed by atoms with E-state index in [1.54, 1.807) is 24.3 Å². The number of nitrogens with one attached hydrogen (secondary N) is 1. The summed E-state index contributed by atoms with van der Waals surface area (Å²) in [5.41, 5.74) is 3.32. The maximum absolute atomic E-state index is 12.1. The number of aryl methyl sites for hydroxylation is 1. The Morgan fingerprint density at radius 3 is 2.30 bits per heavy atom. The Labute approximate surface area is 166 Å². The maximum atomic E-state index is 12.1.